The lowest BCUT2D eigenvalue weighted by Gasteiger charge is -2.32. The summed E-state index contributed by atoms with van der Waals surface area (Å²) >= 11 is 0. The van der Waals surface area contributed by atoms with Crippen LogP contribution in [0.3, 0.4) is 0 Å². The first-order chi connectivity index (χ1) is 20.8. The predicted molar refractivity (Wildman–Crippen MR) is 180 cm³/mol. The van der Waals surface area contributed by atoms with Gasteiger partial charge in [-0.3, -0.25) is 4.79 Å². The van der Waals surface area contributed by atoms with Gasteiger partial charge in [0.2, 0.25) is 0 Å². The van der Waals surface area contributed by atoms with E-state index in [4.69, 9.17) is 0 Å². The van der Waals surface area contributed by atoms with E-state index in [0.717, 1.165) is 38.9 Å². The molecular weight excluding hydrogens is 544 g/mol. The van der Waals surface area contributed by atoms with E-state index in [-0.39, 0.29) is 17.4 Å². The molecule has 0 aliphatic heterocycles. The second-order valence-corrected chi connectivity index (χ2v) is 13.2. The molecule has 0 saturated heterocycles. The number of aryl methyl sites for hydroxylation is 1. The van der Waals surface area contributed by atoms with Crippen molar-refractivity contribution in [2.24, 2.45) is 5.41 Å². The smallest absolute Gasteiger partial charge is 0.336 e. The van der Waals surface area contributed by atoms with Crippen LogP contribution in [0.15, 0.2) is 91.0 Å². The maximum Gasteiger partial charge on any atom is 0.336 e. The summed E-state index contributed by atoms with van der Waals surface area (Å²) < 4.78 is 2.28. The van der Waals surface area contributed by atoms with Crippen molar-refractivity contribution in [2.75, 3.05) is 0 Å². The lowest BCUT2D eigenvalue weighted by atomic mass is 9.81. The lowest BCUT2D eigenvalue weighted by molar-refractivity contribution is 0.0697. The maximum absolute atomic E-state index is 13.7. The quantitative estimate of drug-likeness (QED) is 0.190. The van der Waals surface area contributed by atoms with E-state index >= 15 is 0 Å². The maximum atomic E-state index is 13.7. The zero-order chi connectivity index (χ0) is 31.8. The molecule has 0 unspecified atom stereocenters. The van der Waals surface area contributed by atoms with Gasteiger partial charge < -0.3 is 15.0 Å². The van der Waals surface area contributed by atoms with Crippen molar-refractivity contribution in [3.8, 4) is 11.1 Å². The Bertz CT molecular complexity index is 1840. The highest BCUT2D eigenvalue weighted by atomic mass is 16.4. The number of rotatable bonds is 8. The van der Waals surface area contributed by atoms with Crippen LogP contribution < -0.4 is 5.32 Å². The van der Waals surface area contributed by atoms with Crippen molar-refractivity contribution in [1.29, 1.82) is 0 Å². The number of carboxylic acids is 1. The van der Waals surface area contributed by atoms with Crippen LogP contribution in [-0.2, 0) is 6.54 Å². The van der Waals surface area contributed by atoms with Gasteiger partial charge in [0.05, 0.1) is 11.6 Å². The molecule has 0 bridgehead atoms. The standard InChI is InChI=1S/C39H42N2O3/c1-24(2)29-11-10-12-30(21-29)36(39(5,6)7)40-37(42)31-19-20-35-34(22-31)25(3)26(4)41(35)23-27-15-17-28(18-16-27)32-13-8-9-14-33(32)38(43)44/h8-22,24,36H,23H2,1-7H3,(H,40,42)(H,43,44)/t36-/m1/s1. The van der Waals surface area contributed by atoms with Gasteiger partial charge in [0.1, 0.15) is 0 Å². The number of aromatic carboxylic acids is 1. The van der Waals surface area contributed by atoms with Gasteiger partial charge in [0.25, 0.3) is 5.91 Å². The highest BCUT2D eigenvalue weighted by Crippen LogP contribution is 2.35. The number of amides is 1. The minimum Gasteiger partial charge on any atom is -0.478 e. The molecule has 5 nitrogen and oxygen atoms in total. The van der Waals surface area contributed by atoms with Crippen LogP contribution >= 0.6 is 0 Å². The second-order valence-electron chi connectivity index (χ2n) is 13.2. The second kappa shape index (κ2) is 12.2. The highest BCUT2D eigenvalue weighted by molar-refractivity contribution is 5.99. The largest absolute Gasteiger partial charge is 0.478 e. The van der Waals surface area contributed by atoms with Crippen LogP contribution in [0.4, 0.5) is 0 Å². The Morgan fingerprint density at radius 3 is 2.18 bits per heavy atom. The third-order valence-electron chi connectivity index (χ3n) is 8.72. The number of benzene rings is 4. The lowest BCUT2D eigenvalue weighted by Crippen LogP contribution is -2.36. The number of fused-ring (bicyclic) bond motifs is 1. The fourth-order valence-corrected chi connectivity index (χ4v) is 6.00. The van der Waals surface area contributed by atoms with Crippen LogP contribution in [0, 0.1) is 19.3 Å². The van der Waals surface area contributed by atoms with Gasteiger partial charge in [-0.2, -0.15) is 0 Å². The summed E-state index contributed by atoms with van der Waals surface area (Å²) in [6.07, 6.45) is 0. The van der Waals surface area contributed by atoms with E-state index in [9.17, 15) is 14.7 Å². The molecule has 0 aliphatic rings. The Labute approximate surface area is 260 Å². The van der Waals surface area contributed by atoms with Crippen LogP contribution in [-0.4, -0.2) is 21.6 Å². The Morgan fingerprint density at radius 2 is 1.52 bits per heavy atom. The molecule has 5 aromatic rings. The third kappa shape index (κ3) is 6.19. The molecule has 1 amide bonds. The van der Waals surface area contributed by atoms with Gasteiger partial charge in [0.15, 0.2) is 0 Å². The van der Waals surface area contributed by atoms with Gasteiger partial charge >= 0.3 is 5.97 Å². The summed E-state index contributed by atoms with van der Waals surface area (Å²) in [7, 11) is 0. The summed E-state index contributed by atoms with van der Waals surface area (Å²) in [6, 6.07) is 29.5. The molecule has 0 spiro atoms. The molecule has 1 aromatic heterocycles. The molecule has 226 valence electrons. The van der Waals surface area contributed by atoms with E-state index in [1.807, 2.05) is 42.5 Å². The highest BCUT2D eigenvalue weighted by Gasteiger charge is 2.29. The number of aromatic nitrogens is 1. The Hall–Kier alpha value is -4.64. The first-order valence-electron chi connectivity index (χ1n) is 15.3. The third-order valence-corrected chi connectivity index (χ3v) is 8.72. The summed E-state index contributed by atoms with van der Waals surface area (Å²) in [5, 5.41) is 14.0. The van der Waals surface area contributed by atoms with Crippen LogP contribution in [0.1, 0.15) is 95.2 Å². The minimum absolute atomic E-state index is 0.0798. The molecule has 1 atom stereocenters. The molecular formula is C39H42N2O3. The van der Waals surface area contributed by atoms with E-state index in [0.29, 0.717) is 29.2 Å². The van der Waals surface area contributed by atoms with Gasteiger partial charge in [0, 0.05) is 28.7 Å². The van der Waals surface area contributed by atoms with Gasteiger partial charge in [-0.25, -0.2) is 4.79 Å². The van der Waals surface area contributed by atoms with E-state index in [1.54, 1.807) is 12.1 Å². The molecule has 5 rings (SSSR count). The Balaban J connectivity index is 1.41. The molecule has 5 heteroatoms. The zero-order valence-corrected chi connectivity index (χ0v) is 26.7. The molecule has 2 N–H and O–H groups in total. The average molecular weight is 587 g/mol. The monoisotopic (exact) mass is 586 g/mol. The SMILES string of the molecule is Cc1c(C)n(Cc2ccc(-c3ccccc3C(=O)O)cc2)c2ccc(C(=O)N[C@H](c3cccc(C(C)C)c3)C(C)(C)C)cc12. The summed E-state index contributed by atoms with van der Waals surface area (Å²) in [6.45, 7) is 15.7. The average Bonchev–Trinajstić information content (AvgIpc) is 3.23. The number of nitrogens with one attached hydrogen (secondary N) is 1. The Morgan fingerprint density at radius 1 is 0.841 bits per heavy atom. The minimum atomic E-state index is -0.933. The summed E-state index contributed by atoms with van der Waals surface area (Å²) in [5.74, 6) is -0.601. The van der Waals surface area contributed by atoms with Crippen molar-refractivity contribution < 1.29 is 14.7 Å². The Kier molecular flexibility index (Phi) is 8.51. The number of nitrogens with zero attached hydrogens (tertiary/aromatic N) is 1. The molecule has 0 aliphatic carbocycles. The van der Waals surface area contributed by atoms with Crippen molar-refractivity contribution in [2.45, 2.75) is 67.0 Å². The van der Waals surface area contributed by atoms with Gasteiger partial charge in [-0.1, -0.05) is 101 Å². The first-order valence-corrected chi connectivity index (χ1v) is 15.3. The number of carbonyl (C=O) groups excluding carboxylic acids is 1. The first kappa shape index (κ1) is 30.8. The van der Waals surface area contributed by atoms with E-state index < -0.39 is 5.97 Å². The van der Waals surface area contributed by atoms with Crippen LogP contribution in [0.25, 0.3) is 22.0 Å². The normalized spacial score (nSPS) is 12.5. The number of carboxylic acid groups (broad SMARTS) is 1. The van der Waals surface area contributed by atoms with Crippen LogP contribution in [0.5, 0.6) is 0 Å². The topological polar surface area (TPSA) is 71.3 Å². The van der Waals surface area contributed by atoms with Gasteiger partial charge in [-0.15, -0.1) is 0 Å². The summed E-state index contributed by atoms with van der Waals surface area (Å²) in [5.41, 5.74) is 9.22. The van der Waals surface area contributed by atoms with E-state index in [1.165, 1.54) is 5.56 Å². The van der Waals surface area contributed by atoms with E-state index in [2.05, 4.69) is 94.7 Å². The zero-order valence-electron chi connectivity index (χ0n) is 26.7. The van der Waals surface area contributed by atoms with Crippen molar-refractivity contribution in [3.05, 3.63) is 130 Å². The van der Waals surface area contributed by atoms with Crippen LogP contribution in [0.2, 0.25) is 0 Å². The number of hydrogen-bond acceptors (Lipinski definition) is 2. The van der Waals surface area contributed by atoms with Gasteiger partial charge in [-0.05, 0) is 82.8 Å². The predicted octanol–water partition coefficient (Wildman–Crippen LogP) is 9.31. The molecule has 0 radical (unpaired) electrons. The molecule has 44 heavy (non-hydrogen) atoms. The molecule has 4 aromatic carbocycles. The summed E-state index contributed by atoms with van der Waals surface area (Å²) in [4.78, 5) is 25.4. The van der Waals surface area contributed by atoms with Crippen molar-refractivity contribution >= 4 is 22.8 Å². The fraction of sp³-hybridized carbons (Fsp3) is 0.282. The molecule has 1 heterocycles. The van der Waals surface area contributed by atoms with Crippen molar-refractivity contribution in [1.82, 2.24) is 9.88 Å². The number of hydrogen-bond donors (Lipinski definition) is 2. The number of carbonyl (C=O) groups is 2. The van der Waals surface area contributed by atoms with Crippen molar-refractivity contribution in [3.63, 3.8) is 0 Å². The molecule has 0 fully saturated rings. The fourth-order valence-electron chi connectivity index (χ4n) is 6.00. The molecule has 0 saturated carbocycles.